The van der Waals surface area contributed by atoms with E-state index in [1.807, 2.05) is 17.5 Å². The van der Waals surface area contributed by atoms with E-state index in [0.29, 0.717) is 18.4 Å². The van der Waals surface area contributed by atoms with Crippen LogP contribution in [0, 0.1) is 11.7 Å². The summed E-state index contributed by atoms with van der Waals surface area (Å²) >= 11 is 3.31. The Kier molecular flexibility index (Phi) is 7.01. The molecule has 0 spiro atoms. The molecule has 1 amide bonds. The van der Waals surface area contributed by atoms with Gasteiger partial charge in [-0.05, 0) is 84.3 Å². The molecule has 3 heterocycles. The molecule has 0 unspecified atom stereocenters. The highest BCUT2D eigenvalue weighted by atomic mass is 32.1. The molecule has 0 N–H and O–H groups in total. The van der Waals surface area contributed by atoms with Gasteiger partial charge >= 0.3 is 5.97 Å². The van der Waals surface area contributed by atoms with E-state index in [-0.39, 0.29) is 30.3 Å². The topological polar surface area (TPSA) is 59.0 Å². The number of amides is 1. The maximum atomic E-state index is 14.0. The fourth-order valence-corrected chi connectivity index (χ4v) is 7.75. The highest BCUT2D eigenvalue weighted by Gasteiger charge is 2.47. The summed E-state index contributed by atoms with van der Waals surface area (Å²) in [7, 11) is 0. The molecule has 2 atom stereocenters. The quantitative estimate of drug-likeness (QED) is 0.308. The first-order valence-electron chi connectivity index (χ1n) is 13.2. The first-order valence-corrected chi connectivity index (χ1v) is 14.9. The van der Waals surface area contributed by atoms with Crippen molar-refractivity contribution in [1.29, 1.82) is 0 Å². The Morgan fingerprint density at radius 3 is 2.63 bits per heavy atom. The fraction of sp³-hybridized carbons (Fsp3) is 0.367. The van der Waals surface area contributed by atoms with Gasteiger partial charge in [-0.15, -0.1) is 22.7 Å². The maximum Gasteiger partial charge on any atom is 0.317 e. The molecule has 2 fully saturated rings. The zero-order valence-electron chi connectivity index (χ0n) is 21.0. The van der Waals surface area contributed by atoms with Gasteiger partial charge in [0, 0.05) is 15.7 Å². The van der Waals surface area contributed by atoms with E-state index >= 15 is 0 Å². The Labute approximate surface area is 229 Å². The molecule has 2 saturated carbocycles. The molecular formula is C30H29FN2O3S2. The van der Waals surface area contributed by atoms with Crippen molar-refractivity contribution in [3.8, 4) is 0 Å². The molecule has 3 aliphatic rings. The summed E-state index contributed by atoms with van der Waals surface area (Å²) in [6, 6.07) is 14.2. The number of hydrogen-bond acceptors (Lipinski definition) is 6. The standard InChI is InChI=1S/C30H29FN2O3S2/c31-22-9-4-8-21(18-22)30(13-1-2-14-30)29(35)36-19-26(34)33-28(25-12-6-16-38-25)24-11-3-7-20(27(24)32-33)17-23-10-5-15-37-23/h4-6,8-10,12,15-18,24,28H,1-3,7,11,13-14,19H2/b20-17+/t24-,28-/m1/s1. The number of allylic oxidation sites excluding steroid dienone is 1. The zero-order valence-corrected chi connectivity index (χ0v) is 22.6. The third kappa shape index (κ3) is 4.64. The van der Waals surface area contributed by atoms with Gasteiger partial charge in [-0.1, -0.05) is 37.1 Å². The van der Waals surface area contributed by atoms with E-state index in [1.165, 1.54) is 22.6 Å². The smallest absolute Gasteiger partial charge is 0.317 e. The Bertz CT molecular complexity index is 1370. The second kappa shape index (κ2) is 10.6. The molecule has 196 valence electrons. The summed E-state index contributed by atoms with van der Waals surface area (Å²) in [5.41, 5.74) is 1.86. The molecule has 2 aliphatic carbocycles. The first kappa shape index (κ1) is 25.2. The van der Waals surface area contributed by atoms with Crippen molar-refractivity contribution in [2.24, 2.45) is 11.0 Å². The summed E-state index contributed by atoms with van der Waals surface area (Å²) in [4.78, 5) is 29.3. The number of thiophene rings is 2. The molecule has 0 bridgehead atoms. The molecule has 1 aromatic carbocycles. The second-order valence-electron chi connectivity index (χ2n) is 10.2. The predicted molar refractivity (Wildman–Crippen MR) is 148 cm³/mol. The third-order valence-electron chi connectivity index (χ3n) is 8.00. The molecule has 3 aromatic rings. The maximum absolute atomic E-state index is 14.0. The lowest BCUT2D eigenvalue weighted by molar-refractivity contribution is -0.158. The van der Waals surface area contributed by atoms with Crippen molar-refractivity contribution in [3.05, 3.63) is 86.0 Å². The van der Waals surface area contributed by atoms with Crippen molar-refractivity contribution < 1.29 is 18.7 Å². The number of fused-ring (bicyclic) bond motifs is 1. The minimum atomic E-state index is -0.906. The van der Waals surface area contributed by atoms with E-state index in [4.69, 9.17) is 9.84 Å². The lowest BCUT2D eigenvalue weighted by atomic mass is 9.79. The lowest BCUT2D eigenvalue weighted by Gasteiger charge is -2.29. The normalized spacial score (nSPS) is 23.3. The number of nitrogens with zero attached hydrogens (tertiary/aromatic N) is 2. The number of rotatable bonds is 6. The van der Waals surface area contributed by atoms with Crippen LogP contribution in [0.25, 0.3) is 6.08 Å². The van der Waals surface area contributed by atoms with E-state index in [1.54, 1.807) is 39.8 Å². The zero-order chi connectivity index (χ0) is 26.1. The van der Waals surface area contributed by atoms with Gasteiger partial charge in [0.1, 0.15) is 5.82 Å². The highest BCUT2D eigenvalue weighted by Crippen LogP contribution is 2.46. The molecule has 0 radical (unpaired) electrons. The van der Waals surface area contributed by atoms with Crippen LogP contribution in [-0.2, 0) is 19.7 Å². The third-order valence-corrected chi connectivity index (χ3v) is 9.77. The van der Waals surface area contributed by atoms with E-state index in [2.05, 4.69) is 23.6 Å². The van der Waals surface area contributed by atoms with E-state index in [9.17, 15) is 14.0 Å². The van der Waals surface area contributed by atoms with Crippen molar-refractivity contribution in [2.45, 2.75) is 56.4 Å². The van der Waals surface area contributed by atoms with Crippen LogP contribution in [0.2, 0.25) is 0 Å². The Morgan fingerprint density at radius 1 is 1.08 bits per heavy atom. The van der Waals surface area contributed by atoms with Crippen LogP contribution in [0.5, 0.6) is 0 Å². The molecule has 38 heavy (non-hydrogen) atoms. The summed E-state index contributed by atoms with van der Waals surface area (Å²) in [6.45, 7) is -0.384. The Morgan fingerprint density at radius 2 is 1.89 bits per heavy atom. The van der Waals surface area contributed by atoms with Gasteiger partial charge in [-0.25, -0.2) is 9.40 Å². The van der Waals surface area contributed by atoms with Crippen LogP contribution in [0.1, 0.15) is 66.3 Å². The average molecular weight is 549 g/mol. The summed E-state index contributed by atoms with van der Waals surface area (Å²) in [5.74, 6) is -1.05. The van der Waals surface area contributed by atoms with Crippen LogP contribution in [0.3, 0.4) is 0 Å². The minimum Gasteiger partial charge on any atom is -0.455 e. The summed E-state index contributed by atoms with van der Waals surface area (Å²) in [5, 5.41) is 10.5. The van der Waals surface area contributed by atoms with Gasteiger partial charge in [-0.3, -0.25) is 9.59 Å². The van der Waals surface area contributed by atoms with Crippen LogP contribution in [0.4, 0.5) is 4.39 Å². The van der Waals surface area contributed by atoms with Gasteiger partial charge in [0.2, 0.25) is 0 Å². The SMILES string of the molecule is O=C(COC(=O)C1(c2cccc(F)c2)CCCC1)N1N=C2/C(=C/c3cccs3)CCC[C@H]2[C@@H]1c1cccs1. The van der Waals surface area contributed by atoms with Gasteiger partial charge in [0.15, 0.2) is 6.61 Å². The van der Waals surface area contributed by atoms with E-state index < -0.39 is 11.4 Å². The monoisotopic (exact) mass is 548 g/mol. The number of ether oxygens (including phenoxy) is 1. The molecule has 1 aliphatic heterocycles. The first-order chi connectivity index (χ1) is 18.5. The largest absolute Gasteiger partial charge is 0.455 e. The average Bonchev–Trinajstić information content (AvgIpc) is 3.73. The number of esters is 1. The number of hydrogen-bond donors (Lipinski definition) is 0. The van der Waals surface area contributed by atoms with Crippen molar-refractivity contribution in [3.63, 3.8) is 0 Å². The van der Waals surface area contributed by atoms with Crippen LogP contribution in [-0.4, -0.2) is 29.2 Å². The predicted octanol–water partition coefficient (Wildman–Crippen LogP) is 7.13. The number of benzene rings is 1. The number of halogens is 1. The summed E-state index contributed by atoms with van der Waals surface area (Å²) in [6.07, 6.45) is 8.01. The van der Waals surface area contributed by atoms with Crippen molar-refractivity contribution >= 4 is 46.3 Å². The van der Waals surface area contributed by atoms with Gasteiger partial charge in [0.05, 0.1) is 17.2 Å². The number of hydrazone groups is 1. The molecule has 6 rings (SSSR count). The second-order valence-corrected chi connectivity index (χ2v) is 12.2. The molecule has 0 saturated heterocycles. The molecule has 2 aromatic heterocycles. The van der Waals surface area contributed by atoms with Crippen LogP contribution in [0.15, 0.2) is 70.0 Å². The Balaban J connectivity index is 1.25. The van der Waals surface area contributed by atoms with Crippen LogP contribution < -0.4 is 0 Å². The van der Waals surface area contributed by atoms with E-state index in [0.717, 1.165) is 42.7 Å². The van der Waals surface area contributed by atoms with Crippen molar-refractivity contribution in [2.75, 3.05) is 6.61 Å². The highest BCUT2D eigenvalue weighted by molar-refractivity contribution is 7.11. The lowest BCUT2D eigenvalue weighted by Crippen LogP contribution is -2.39. The van der Waals surface area contributed by atoms with Gasteiger partial charge in [-0.2, -0.15) is 5.10 Å². The number of carbonyl (C=O) groups excluding carboxylic acids is 2. The summed E-state index contributed by atoms with van der Waals surface area (Å²) < 4.78 is 19.7. The minimum absolute atomic E-state index is 0.113. The number of carbonyl (C=O) groups is 2. The van der Waals surface area contributed by atoms with Crippen LogP contribution >= 0.6 is 22.7 Å². The molecular weight excluding hydrogens is 519 g/mol. The Hall–Kier alpha value is -3.10. The van der Waals surface area contributed by atoms with Gasteiger partial charge < -0.3 is 4.74 Å². The van der Waals surface area contributed by atoms with Gasteiger partial charge in [0.25, 0.3) is 5.91 Å². The van der Waals surface area contributed by atoms with Crippen molar-refractivity contribution in [1.82, 2.24) is 5.01 Å². The molecule has 8 heteroatoms. The fourth-order valence-electron chi connectivity index (χ4n) is 6.20. The molecule has 5 nitrogen and oxygen atoms in total.